The first kappa shape index (κ1) is 19.4. The van der Waals surface area contributed by atoms with E-state index in [2.05, 4.69) is 0 Å². The number of ether oxygens (including phenoxy) is 1. The number of benzene rings is 1. The van der Waals surface area contributed by atoms with Gasteiger partial charge in [-0.3, -0.25) is 4.79 Å². The molecule has 0 unspecified atom stereocenters. The summed E-state index contributed by atoms with van der Waals surface area (Å²) in [5, 5.41) is -0.00496. The van der Waals surface area contributed by atoms with E-state index >= 15 is 0 Å². The van der Waals surface area contributed by atoms with Crippen LogP contribution in [-0.4, -0.2) is 53.6 Å². The third kappa shape index (κ3) is 4.39. The molecule has 1 aromatic rings. The van der Waals surface area contributed by atoms with E-state index in [1.807, 2.05) is 0 Å². The van der Waals surface area contributed by atoms with Gasteiger partial charge in [0.25, 0.3) is 5.91 Å². The Morgan fingerprint density at radius 2 is 1.60 bits per heavy atom. The van der Waals surface area contributed by atoms with Crippen molar-refractivity contribution >= 4 is 23.6 Å². The average molecular weight is 375 g/mol. The number of halogens is 3. The number of amides is 2. The highest BCUT2D eigenvalue weighted by atomic mass is 35.5. The number of carbonyl (C=O) groups excluding carboxylic acids is 2. The fourth-order valence-electron chi connectivity index (χ4n) is 2.43. The van der Waals surface area contributed by atoms with E-state index in [9.17, 15) is 18.4 Å². The summed E-state index contributed by atoms with van der Waals surface area (Å²) in [6, 6.07) is 1.14. The summed E-state index contributed by atoms with van der Waals surface area (Å²) >= 11 is 5.85. The molecule has 0 bridgehead atoms. The maximum atomic E-state index is 14.1. The number of carbonyl (C=O) groups is 2. The Kier molecular flexibility index (Phi) is 5.56. The van der Waals surface area contributed by atoms with Crippen LogP contribution in [0.4, 0.5) is 13.6 Å². The molecule has 1 heterocycles. The quantitative estimate of drug-likeness (QED) is 0.705. The Hall–Kier alpha value is -1.89. The first-order valence-electron chi connectivity index (χ1n) is 7.92. The van der Waals surface area contributed by atoms with Crippen LogP contribution in [0.25, 0.3) is 0 Å². The molecule has 0 radical (unpaired) electrons. The standard InChI is InChI=1S/C17H21ClF2N2O3/c1-10-12(18)9-11(14(20)13(10)19)15(23)21-5-7-22(8-6-21)16(24)25-17(2,3)4/h9H,5-8H2,1-4H3. The molecular weight excluding hydrogens is 354 g/mol. The van der Waals surface area contributed by atoms with Gasteiger partial charge >= 0.3 is 6.09 Å². The van der Waals surface area contributed by atoms with Crippen molar-refractivity contribution in [1.29, 1.82) is 0 Å². The second-order valence-corrected chi connectivity index (χ2v) is 7.33. The van der Waals surface area contributed by atoms with Gasteiger partial charge in [-0.25, -0.2) is 13.6 Å². The average Bonchev–Trinajstić information content (AvgIpc) is 2.54. The maximum Gasteiger partial charge on any atom is 0.410 e. The summed E-state index contributed by atoms with van der Waals surface area (Å²) in [7, 11) is 0. The zero-order valence-corrected chi connectivity index (χ0v) is 15.4. The number of hydrogen-bond donors (Lipinski definition) is 0. The van der Waals surface area contributed by atoms with Gasteiger partial charge in [-0.05, 0) is 33.8 Å². The molecule has 8 heteroatoms. The highest BCUT2D eigenvalue weighted by Gasteiger charge is 2.30. The third-order valence-corrected chi connectivity index (χ3v) is 4.23. The SMILES string of the molecule is Cc1c(Cl)cc(C(=O)N2CCN(C(=O)OC(C)(C)C)CC2)c(F)c1F. The largest absolute Gasteiger partial charge is 0.444 e. The van der Waals surface area contributed by atoms with Crippen molar-refractivity contribution in [2.45, 2.75) is 33.3 Å². The normalized spacial score (nSPS) is 15.3. The smallest absolute Gasteiger partial charge is 0.410 e. The summed E-state index contributed by atoms with van der Waals surface area (Å²) in [6.07, 6.45) is -0.463. The lowest BCUT2D eigenvalue weighted by atomic mass is 10.1. The molecule has 138 valence electrons. The van der Waals surface area contributed by atoms with Gasteiger partial charge in [-0.2, -0.15) is 0 Å². The molecule has 0 saturated carbocycles. The first-order valence-corrected chi connectivity index (χ1v) is 8.30. The van der Waals surface area contributed by atoms with E-state index in [1.54, 1.807) is 20.8 Å². The van der Waals surface area contributed by atoms with Crippen LogP contribution < -0.4 is 0 Å². The zero-order chi connectivity index (χ0) is 18.9. The number of piperazine rings is 1. The van der Waals surface area contributed by atoms with Crippen molar-refractivity contribution in [3.8, 4) is 0 Å². The van der Waals surface area contributed by atoms with Gasteiger partial charge in [0, 0.05) is 36.8 Å². The minimum absolute atomic E-state index is 0.00496. The Balaban J connectivity index is 2.06. The van der Waals surface area contributed by atoms with Crippen LogP contribution in [0.2, 0.25) is 5.02 Å². The first-order chi connectivity index (χ1) is 11.5. The lowest BCUT2D eigenvalue weighted by Crippen LogP contribution is -2.51. The van der Waals surface area contributed by atoms with E-state index in [0.717, 1.165) is 6.07 Å². The molecule has 0 N–H and O–H groups in total. The lowest BCUT2D eigenvalue weighted by molar-refractivity contribution is 0.0140. The molecule has 0 atom stereocenters. The van der Waals surface area contributed by atoms with Crippen molar-refractivity contribution in [2.75, 3.05) is 26.2 Å². The van der Waals surface area contributed by atoms with Gasteiger partial charge < -0.3 is 14.5 Å². The van der Waals surface area contributed by atoms with Gasteiger partial charge in [-0.15, -0.1) is 0 Å². The Labute approximate surface area is 150 Å². The van der Waals surface area contributed by atoms with Gasteiger partial charge in [0.2, 0.25) is 0 Å². The van der Waals surface area contributed by atoms with Crippen LogP contribution >= 0.6 is 11.6 Å². The topological polar surface area (TPSA) is 49.9 Å². The molecule has 0 aliphatic carbocycles. The molecule has 1 aromatic carbocycles. The number of hydrogen-bond acceptors (Lipinski definition) is 3. The van der Waals surface area contributed by atoms with Crippen LogP contribution in [0.5, 0.6) is 0 Å². The molecule has 1 aliphatic rings. The van der Waals surface area contributed by atoms with Gasteiger partial charge in [-0.1, -0.05) is 11.6 Å². The van der Waals surface area contributed by atoms with E-state index in [0.29, 0.717) is 0 Å². The van der Waals surface area contributed by atoms with E-state index < -0.39 is 34.8 Å². The second-order valence-electron chi connectivity index (χ2n) is 6.92. The molecule has 0 spiro atoms. The van der Waals surface area contributed by atoms with Crippen LogP contribution in [-0.2, 0) is 4.74 Å². The van der Waals surface area contributed by atoms with Crippen molar-refractivity contribution in [1.82, 2.24) is 9.80 Å². The molecule has 25 heavy (non-hydrogen) atoms. The van der Waals surface area contributed by atoms with Gasteiger partial charge in [0.15, 0.2) is 11.6 Å². The van der Waals surface area contributed by atoms with Crippen LogP contribution in [0.1, 0.15) is 36.7 Å². The maximum absolute atomic E-state index is 14.1. The summed E-state index contributed by atoms with van der Waals surface area (Å²) in [5.41, 5.74) is -1.05. The molecule has 1 fully saturated rings. The van der Waals surface area contributed by atoms with E-state index in [4.69, 9.17) is 16.3 Å². The molecule has 1 saturated heterocycles. The highest BCUT2D eigenvalue weighted by Crippen LogP contribution is 2.25. The Bertz CT molecular complexity index is 696. The van der Waals surface area contributed by atoms with Crippen LogP contribution in [0.15, 0.2) is 6.07 Å². The third-order valence-electron chi connectivity index (χ3n) is 3.84. The molecular formula is C17H21ClF2N2O3. The van der Waals surface area contributed by atoms with Crippen molar-refractivity contribution in [3.05, 3.63) is 33.9 Å². The fourth-order valence-corrected chi connectivity index (χ4v) is 2.62. The van der Waals surface area contributed by atoms with Crippen LogP contribution in [0, 0.1) is 18.6 Å². The van der Waals surface area contributed by atoms with E-state index in [-0.39, 0.29) is 36.8 Å². The molecule has 2 amide bonds. The second kappa shape index (κ2) is 7.15. The van der Waals surface area contributed by atoms with Crippen molar-refractivity contribution < 1.29 is 23.1 Å². The van der Waals surface area contributed by atoms with Gasteiger partial charge in [0.1, 0.15) is 5.60 Å². The Morgan fingerprint density at radius 1 is 1.08 bits per heavy atom. The Morgan fingerprint density at radius 3 is 2.12 bits per heavy atom. The minimum atomic E-state index is -1.21. The summed E-state index contributed by atoms with van der Waals surface area (Å²) in [5.74, 6) is -2.98. The molecule has 1 aliphatic heterocycles. The predicted octanol–water partition coefficient (Wildman–Crippen LogP) is 3.62. The predicted molar refractivity (Wildman–Crippen MR) is 89.8 cm³/mol. The van der Waals surface area contributed by atoms with Gasteiger partial charge in [0.05, 0.1) is 5.56 Å². The van der Waals surface area contributed by atoms with Crippen molar-refractivity contribution in [3.63, 3.8) is 0 Å². The minimum Gasteiger partial charge on any atom is -0.444 e. The van der Waals surface area contributed by atoms with Crippen molar-refractivity contribution in [2.24, 2.45) is 0 Å². The summed E-state index contributed by atoms with van der Waals surface area (Å²) in [4.78, 5) is 27.3. The number of nitrogens with zero attached hydrogens (tertiary/aromatic N) is 2. The summed E-state index contributed by atoms with van der Waals surface area (Å²) in [6.45, 7) is 7.55. The number of rotatable bonds is 1. The molecule has 5 nitrogen and oxygen atoms in total. The fraction of sp³-hybridized carbons (Fsp3) is 0.529. The monoisotopic (exact) mass is 374 g/mol. The molecule has 0 aromatic heterocycles. The zero-order valence-electron chi connectivity index (χ0n) is 14.7. The summed E-state index contributed by atoms with van der Waals surface area (Å²) < 4.78 is 33.2. The van der Waals surface area contributed by atoms with Crippen LogP contribution in [0.3, 0.4) is 0 Å². The molecule has 2 rings (SSSR count). The lowest BCUT2D eigenvalue weighted by Gasteiger charge is -2.35. The van der Waals surface area contributed by atoms with E-state index in [1.165, 1.54) is 16.7 Å². The highest BCUT2D eigenvalue weighted by molar-refractivity contribution is 6.31.